The summed E-state index contributed by atoms with van der Waals surface area (Å²) in [5.74, 6) is 3.01. The molecule has 0 fully saturated rings. The van der Waals surface area contributed by atoms with E-state index in [0.29, 0.717) is 0 Å². The van der Waals surface area contributed by atoms with Crippen molar-refractivity contribution in [3.63, 3.8) is 0 Å². The van der Waals surface area contributed by atoms with Crippen LogP contribution in [0.3, 0.4) is 0 Å². The van der Waals surface area contributed by atoms with Crippen LogP contribution < -0.4 is 0 Å². The maximum atomic E-state index is 4.82. The molecule has 0 aromatic carbocycles. The zero-order valence-corrected chi connectivity index (χ0v) is 22.5. The minimum Gasteiger partial charge on any atom is -0.218 e. The van der Waals surface area contributed by atoms with Crippen molar-refractivity contribution in [1.29, 1.82) is 0 Å². The number of aryl methyl sites for hydroxylation is 3. The van der Waals surface area contributed by atoms with Crippen molar-refractivity contribution >= 4 is 0 Å². The number of nitrogens with zero attached hydrogens (tertiary/aromatic N) is 3. The first-order chi connectivity index (χ1) is 16.3. The molecule has 1 aromatic rings. The van der Waals surface area contributed by atoms with Crippen molar-refractivity contribution < 1.29 is 0 Å². The van der Waals surface area contributed by atoms with E-state index in [-0.39, 0.29) is 0 Å². The van der Waals surface area contributed by atoms with Crippen LogP contribution in [-0.2, 0) is 19.3 Å². The van der Waals surface area contributed by atoms with Crippen molar-refractivity contribution in [2.75, 3.05) is 0 Å². The highest BCUT2D eigenvalue weighted by Crippen LogP contribution is 2.14. The first-order valence-electron chi connectivity index (χ1n) is 14.8. The van der Waals surface area contributed by atoms with E-state index >= 15 is 0 Å². The van der Waals surface area contributed by atoms with Gasteiger partial charge in [0.2, 0.25) is 0 Å². The van der Waals surface area contributed by atoms with E-state index in [1.54, 1.807) is 0 Å². The Morgan fingerprint density at radius 3 is 0.970 bits per heavy atom. The Hall–Kier alpha value is -0.990. The van der Waals surface area contributed by atoms with Gasteiger partial charge in [0, 0.05) is 19.3 Å². The molecule has 1 aromatic heterocycles. The van der Waals surface area contributed by atoms with E-state index in [0.717, 1.165) is 43.2 Å². The summed E-state index contributed by atoms with van der Waals surface area (Å²) in [6.07, 6.45) is 31.1. The monoisotopic (exact) mass is 458 g/mol. The molecule has 0 saturated heterocycles. The minimum atomic E-state index is 0.861. The Morgan fingerprint density at radius 2 is 0.667 bits per heavy atom. The van der Waals surface area contributed by atoms with Gasteiger partial charge in [-0.15, -0.1) is 0 Å². The third-order valence-corrected chi connectivity index (χ3v) is 6.68. The smallest absolute Gasteiger partial charge is 0.132 e. The highest BCUT2D eigenvalue weighted by molar-refractivity contribution is 4.99. The van der Waals surface area contributed by atoms with E-state index < -0.39 is 0 Å². The van der Waals surface area contributed by atoms with Crippen LogP contribution in [0.1, 0.15) is 166 Å². The number of hydrogen-bond acceptors (Lipinski definition) is 3. The maximum absolute atomic E-state index is 4.82. The van der Waals surface area contributed by atoms with E-state index in [2.05, 4.69) is 20.8 Å². The summed E-state index contributed by atoms with van der Waals surface area (Å²) in [6, 6.07) is 0. The van der Waals surface area contributed by atoms with Gasteiger partial charge in [0.25, 0.3) is 0 Å². The second-order valence-corrected chi connectivity index (χ2v) is 10.1. The van der Waals surface area contributed by atoms with Crippen molar-refractivity contribution in [3.8, 4) is 0 Å². The van der Waals surface area contributed by atoms with Gasteiger partial charge < -0.3 is 0 Å². The van der Waals surface area contributed by atoms with Crippen molar-refractivity contribution in [2.24, 2.45) is 0 Å². The molecular weight excluding hydrogens is 402 g/mol. The largest absolute Gasteiger partial charge is 0.218 e. The van der Waals surface area contributed by atoms with E-state index in [9.17, 15) is 0 Å². The fourth-order valence-corrected chi connectivity index (χ4v) is 4.56. The normalized spacial score (nSPS) is 11.4. The van der Waals surface area contributed by atoms with E-state index in [1.165, 1.54) is 128 Å². The Morgan fingerprint density at radius 1 is 0.394 bits per heavy atom. The summed E-state index contributed by atoms with van der Waals surface area (Å²) in [7, 11) is 0. The summed E-state index contributed by atoms with van der Waals surface area (Å²) < 4.78 is 0. The third-order valence-electron chi connectivity index (χ3n) is 6.68. The van der Waals surface area contributed by atoms with Gasteiger partial charge in [0.15, 0.2) is 0 Å². The van der Waals surface area contributed by atoms with Gasteiger partial charge in [-0.2, -0.15) is 0 Å². The molecule has 191 valence electrons. The number of rotatable bonds is 24. The van der Waals surface area contributed by atoms with E-state index in [4.69, 9.17) is 15.0 Å². The van der Waals surface area contributed by atoms with Crippen molar-refractivity contribution in [3.05, 3.63) is 24.4 Å². The zero-order chi connectivity index (χ0) is 23.8. The summed E-state index contributed by atoms with van der Waals surface area (Å²) >= 11 is 0. The van der Waals surface area contributed by atoms with Crippen LogP contribution in [0.2, 0.25) is 0 Å². The van der Waals surface area contributed by atoms with E-state index in [1.807, 2.05) is 0 Å². The van der Waals surface area contributed by atoms with Crippen molar-refractivity contribution in [2.45, 2.75) is 168 Å². The topological polar surface area (TPSA) is 38.7 Å². The second kappa shape index (κ2) is 22.8. The molecule has 0 N–H and O–H groups in total. The van der Waals surface area contributed by atoms with Crippen LogP contribution >= 0.6 is 0 Å². The minimum absolute atomic E-state index is 0.861. The molecule has 1 radical (unpaired) electrons. The lowest BCUT2D eigenvalue weighted by atomic mass is 10.1. The molecule has 1 heterocycles. The highest BCUT2D eigenvalue weighted by Gasteiger charge is 2.07. The first-order valence-corrected chi connectivity index (χ1v) is 14.8. The van der Waals surface area contributed by atoms with Gasteiger partial charge in [-0.05, 0) is 19.3 Å². The molecular formula is C30H56N3. The molecule has 3 nitrogen and oxygen atoms in total. The van der Waals surface area contributed by atoms with Crippen LogP contribution in [0.25, 0.3) is 0 Å². The summed E-state index contributed by atoms with van der Waals surface area (Å²) in [5.41, 5.74) is 0. The van der Waals surface area contributed by atoms with Gasteiger partial charge in [-0.3, -0.25) is 0 Å². The van der Waals surface area contributed by atoms with Gasteiger partial charge in [-0.1, -0.05) is 136 Å². The Bertz CT molecular complexity index is 501. The second-order valence-electron chi connectivity index (χ2n) is 10.1. The highest BCUT2D eigenvalue weighted by atomic mass is 15.0. The number of unbranched alkanes of at least 4 members (excludes halogenated alkanes) is 18. The Balaban J connectivity index is 2.19. The first kappa shape index (κ1) is 30.0. The number of hydrogen-bond donors (Lipinski definition) is 0. The zero-order valence-electron chi connectivity index (χ0n) is 22.5. The average Bonchev–Trinajstić information content (AvgIpc) is 2.81. The molecule has 3 heteroatoms. The third kappa shape index (κ3) is 18.1. The fraction of sp³-hybridized carbons (Fsp3) is 0.867. The molecule has 0 spiro atoms. The SMILES string of the molecule is [CH2]CCc1nc(CCCCCCCCCCCC)nc(CCCCCCCCCCCC)n1. The molecule has 0 atom stereocenters. The molecule has 0 saturated carbocycles. The molecule has 0 aliphatic heterocycles. The van der Waals surface area contributed by atoms with Crippen molar-refractivity contribution in [1.82, 2.24) is 15.0 Å². The molecule has 1 rings (SSSR count). The lowest BCUT2D eigenvalue weighted by Gasteiger charge is -2.08. The quantitative estimate of drug-likeness (QED) is 0.145. The molecule has 0 unspecified atom stereocenters. The predicted molar refractivity (Wildman–Crippen MR) is 145 cm³/mol. The maximum Gasteiger partial charge on any atom is 0.132 e. The molecule has 0 aliphatic rings. The summed E-state index contributed by atoms with van der Waals surface area (Å²) in [4.78, 5) is 14.3. The van der Waals surface area contributed by atoms with Gasteiger partial charge in [0.1, 0.15) is 17.5 Å². The standard InChI is InChI=1S/C30H56N3/c1-4-7-9-11-13-15-17-19-21-23-26-29-31-28(25-6-3)32-30(33-29)27-24-22-20-18-16-14-12-10-8-5-2/h3-27H2,1-2H3. The summed E-state index contributed by atoms with van der Waals surface area (Å²) in [6.45, 7) is 8.57. The molecule has 0 aliphatic carbocycles. The molecule has 33 heavy (non-hydrogen) atoms. The van der Waals surface area contributed by atoms with Crippen LogP contribution in [0.15, 0.2) is 0 Å². The lowest BCUT2D eigenvalue weighted by Crippen LogP contribution is -2.08. The van der Waals surface area contributed by atoms with Crippen LogP contribution in [-0.4, -0.2) is 15.0 Å². The van der Waals surface area contributed by atoms with Gasteiger partial charge in [0.05, 0.1) is 0 Å². The molecule has 0 bridgehead atoms. The van der Waals surface area contributed by atoms with Gasteiger partial charge >= 0.3 is 0 Å². The lowest BCUT2D eigenvalue weighted by molar-refractivity contribution is 0.549. The van der Waals surface area contributed by atoms with Crippen LogP contribution in [0.4, 0.5) is 0 Å². The Labute approximate surface area is 207 Å². The van der Waals surface area contributed by atoms with Gasteiger partial charge in [-0.25, -0.2) is 15.0 Å². The average molecular weight is 459 g/mol. The fourth-order valence-electron chi connectivity index (χ4n) is 4.56. The van der Waals surface area contributed by atoms with Crippen LogP contribution in [0.5, 0.6) is 0 Å². The Kier molecular flexibility index (Phi) is 20.7. The van der Waals surface area contributed by atoms with Crippen LogP contribution in [0, 0.1) is 6.92 Å². The summed E-state index contributed by atoms with van der Waals surface area (Å²) in [5, 5.41) is 0. The molecule has 0 amide bonds. The predicted octanol–water partition coefficient (Wildman–Crippen LogP) is 9.57. The number of aromatic nitrogens is 3.